The fourth-order valence-electron chi connectivity index (χ4n) is 5.13. The van der Waals surface area contributed by atoms with Gasteiger partial charge in [0, 0.05) is 23.8 Å². The number of esters is 1. The van der Waals surface area contributed by atoms with Crippen LogP contribution in [0.4, 0.5) is 0 Å². The van der Waals surface area contributed by atoms with Crippen molar-refractivity contribution in [1.82, 2.24) is 0 Å². The van der Waals surface area contributed by atoms with Gasteiger partial charge in [-0.25, -0.2) is 0 Å². The molecule has 0 spiro atoms. The molecule has 17 heteroatoms. The predicted molar refractivity (Wildman–Crippen MR) is 153 cm³/mol. The first kappa shape index (κ1) is 34.0. The summed E-state index contributed by atoms with van der Waals surface area (Å²) in [5.41, 5.74) is -0.351. The Morgan fingerprint density at radius 3 is 2.23 bits per heavy atom. The molecular weight excluding hydrogens is 632 g/mol. The highest BCUT2D eigenvalue weighted by molar-refractivity contribution is 5.90. The van der Waals surface area contributed by atoms with Gasteiger partial charge in [-0.3, -0.25) is 14.4 Å². The second kappa shape index (κ2) is 13.8. The predicted octanol–water partition coefficient (Wildman–Crippen LogP) is -1.07. The normalized spacial score (nSPS) is 30.9. The highest BCUT2D eigenvalue weighted by atomic mass is 16.8. The van der Waals surface area contributed by atoms with E-state index in [1.807, 2.05) is 0 Å². The molecule has 0 aliphatic carbocycles. The summed E-state index contributed by atoms with van der Waals surface area (Å²) in [6.07, 6.45) is -17.5. The second-order valence-electron chi connectivity index (χ2n) is 11.0. The number of carboxylic acids is 1. The monoisotopic (exact) mass is 664 g/mol. The van der Waals surface area contributed by atoms with Gasteiger partial charge in [0.15, 0.2) is 17.8 Å². The van der Waals surface area contributed by atoms with Crippen molar-refractivity contribution in [3.05, 3.63) is 52.7 Å². The van der Waals surface area contributed by atoms with Crippen LogP contribution >= 0.6 is 0 Å². The SMILES string of the molecule is CC1O[C@@H](OC2[C@H](Oc3cc(O)c4c(=O)cc(-c5ccc(O)cc5)oc4c3)OC(COC(=O)CC(=O)O)[C@@H](O)[C@@H]2O)C(O)[C@@H](O)[C@H]1O. The van der Waals surface area contributed by atoms with E-state index >= 15 is 0 Å². The summed E-state index contributed by atoms with van der Waals surface area (Å²) in [6.45, 7) is 0.640. The average molecular weight is 665 g/mol. The molecule has 5 rings (SSSR count). The number of hydrogen-bond acceptors (Lipinski definition) is 16. The quantitative estimate of drug-likeness (QED) is 0.0998. The standard InChI is InChI=1S/C30H32O17/c1-11-23(37)25(39)27(41)29(43-11)47-28-26(40)24(38)19(10-42-21(36)9-20(34)35)46-30(28)44-14-6-15(32)22-16(33)8-17(45-18(22)7-14)12-2-4-13(31)5-3-12/h2-8,11,19,23-32,37-41H,9-10H2,1H3,(H,34,35)/t11?,19?,23-,24+,25-,26-,27?,28?,29-,30+/m0/s1. The lowest BCUT2D eigenvalue weighted by Crippen LogP contribution is -2.64. The van der Waals surface area contributed by atoms with Crippen LogP contribution in [0.2, 0.25) is 0 Å². The zero-order valence-corrected chi connectivity index (χ0v) is 24.5. The molecule has 10 atom stereocenters. The molecule has 3 aromatic rings. The van der Waals surface area contributed by atoms with Crippen molar-refractivity contribution < 1.29 is 78.5 Å². The minimum Gasteiger partial charge on any atom is -0.508 e. The Morgan fingerprint density at radius 2 is 1.55 bits per heavy atom. The Hall–Kier alpha value is -4.33. The first-order valence-corrected chi connectivity index (χ1v) is 14.2. The van der Waals surface area contributed by atoms with Crippen LogP contribution in [0.25, 0.3) is 22.3 Å². The molecule has 0 saturated carbocycles. The number of aliphatic hydroxyl groups excluding tert-OH is 5. The number of fused-ring (bicyclic) bond motifs is 1. The van der Waals surface area contributed by atoms with Crippen LogP contribution in [0.1, 0.15) is 13.3 Å². The molecule has 0 amide bonds. The Morgan fingerprint density at radius 1 is 0.851 bits per heavy atom. The van der Waals surface area contributed by atoms with E-state index in [2.05, 4.69) is 0 Å². The number of phenols is 2. The molecule has 2 aliphatic heterocycles. The van der Waals surface area contributed by atoms with Gasteiger partial charge >= 0.3 is 11.9 Å². The smallest absolute Gasteiger partial charge is 0.317 e. The number of ether oxygens (including phenoxy) is 5. The first-order chi connectivity index (χ1) is 22.2. The molecule has 254 valence electrons. The number of carbonyl (C=O) groups excluding carboxylic acids is 1. The Balaban J connectivity index is 1.47. The fraction of sp³-hybridized carbons (Fsp3) is 0.433. The maximum atomic E-state index is 12.9. The molecule has 17 nitrogen and oxygen atoms in total. The number of phenolic OH excluding ortho intramolecular Hbond substituents is 2. The molecule has 2 aliphatic rings. The molecule has 4 unspecified atom stereocenters. The van der Waals surface area contributed by atoms with Gasteiger partial charge in [0.1, 0.15) is 83.6 Å². The van der Waals surface area contributed by atoms with E-state index in [9.17, 15) is 50.1 Å². The van der Waals surface area contributed by atoms with Crippen molar-refractivity contribution in [2.24, 2.45) is 0 Å². The summed E-state index contributed by atoms with van der Waals surface area (Å²) in [7, 11) is 0. The van der Waals surface area contributed by atoms with Gasteiger partial charge in [-0.2, -0.15) is 0 Å². The number of benzene rings is 2. The Labute approximate surface area is 264 Å². The summed E-state index contributed by atoms with van der Waals surface area (Å²) in [5.74, 6) is -3.39. The van der Waals surface area contributed by atoms with Crippen LogP contribution in [0.3, 0.4) is 0 Å². The zero-order chi connectivity index (χ0) is 34.2. The van der Waals surface area contributed by atoms with E-state index in [-0.39, 0.29) is 28.2 Å². The van der Waals surface area contributed by atoms with Gasteiger partial charge in [-0.15, -0.1) is 0 Å². The molecule has 2 fully saturated rings. The zero-order valence-electron chi connectivity index (χ0n) is 24.5. The van der Waals surface area contributed by atoms with Gasteiger partial charge in [0.05, 0.1) is 6.10 Å². The number of aliphatic hydroxyl groups is 5. The lowest BCUT2D eigenvalue weighted by molar-refractivity contribution is -0.354. The first-order valence-electron chi connectivity index (χ1n) is 14.2. The van der Waals surface area contributed by atoms with Gasteiger partial charge < -0.3 is 69.0 Å². The third-order valence-electron chi connectivity index (χ3n) is 7.64. The number of carboxylic acid groups (broad SMARTS) is 1. The Bertz CT molecular complexity index is 1650. The summed E-state index contributed by atoms with van der Waals surface area (Å²) in [4.78, 5) is 35.5. The maximum Gasteiger partial charge on any atom is 0.317 e. The van der Waals surface area contributed by atoms with Crippen LogP contribution in [0, 0.1) is 0 Å². The van der Waals surface area contributed by atoms with Crippen LogP contribution in [-0.2, 0) is 28.5 Å². The molecule has 1 aromatic heterocycles. The van der Waals surface area contributed by atoms with E-state index in [0.29, 0.717) is 5.56 Å². The second-order valence-corrected chi connectivity index (χ2v) is 11.0. The lowest BCUT2D eigenvalue weighted by Gasteiger charge is -2.45. The third kappa shape index (κ3) is 7.32. The van der Waals surface area contributed by atoms with Crippen LogP contribution in [0.5, 0.6) is 17.2 Å². The summed E-state index contributed by atoms with van der Waals surface area (Å²) >= 11 is 0. The average Bonchev–Trinajstić information content (AvgIpc) is 3.01. The lowest BCUT2D eigenvalue weighted by atomic mass is 9.97. The summed E-state index contributed by atoms with van der Waals surface area (Å²) < 4.78 is 33.5. The van der Waals surface area contributed by atoms with Gasteiger partial charge in [0.2, 0.25) is 6.29 Å². The number of carbonyl (C=O) groups is 2. The molecular formula is C30H32O17. The number of rotatable bonds is 9. The van der Waals surface area contributed by atoms with E-state index in [4.69, 9.17) is 33.2 Å². The minimum atomic E-state index is -1.92. The minimum absolute atomic E-state index is 0.0250. The largest absolute Gasteiger partial charge is 0.508 e. The molecule has 3 heterocycles. The number of aromatic hydroxyl groups is 2. The number of hydrogen-bond donors (Lipinski definition) is 8. The van der Waals surface area contributed by atoms with Crippen LogP contribution < -0.4 is 10.2 Å². The highest BCUT2D eigenvalue weighted by Gasteiger charge is 2.51. The molecule has 8 N–H and O–H groups in total. The molecule has 47 heavy (non-hydrogen) atoms. The third-order valence-corrected chi connectivity index (χ3v) is 7.64. The van der Waals surface area contributed by atoms with E-state index in [1.165, 1.54) is 37.3 Å². The maximum absolute atomic E-state index is 12.9. The Kier molecular flexibility index (Phi) is 9.99. The van der Waals surface area contributed by atoms with Gasteiger partial charge in [-0.1, -0.05) is 0 Å². The molecule has 2 aromatic carbocycles. The van der Waals surface area contributed by atoms with Crippen molar-refractivity contribution >= 4 is 22.9 Å². The topological polar surface area (TPSA) is 272 Å². The van der Waals surface area contributed by atoms with E-state index in [0.717, 1.165) is 12.1 Å². The van der Waals surface area contributed by atoms with Crippen molar-refractivity contribution in [2.45, 2.75) is 74.8 Å². The highest BCUT2D eigenvalue weighted by Crippen LogP contribution is 2.35. The van der Waals surface area contributed by atoms with E-state index < -0.39 is 97.6 Å². The van der Waals surface area contributed by atoms with Gasteiger partial charge in [0.25, 0.3) is 0 Å². The van der Waals surface area contributed by atoms with E-state index in [1.54, 1.807) is 0 Å². The summed E-state index contributed by atoms with van der Waals surface area (Å²) in [5, 5.41) is 81.5. The molecule has 0 bridgehead atoms. The summed E-state index contributed by atoms with van der Waals surface area (Å²) in [6, 6.07) is 9.10. The van der Waals surface area contributed by atoms with Crippen molar-refractivity contribution in [3.8, 4) is 28.6 Å². The van der Waals surface area contributed by atoms with Crippen molar-refractivity contribution in [3.63, 3.8) is 0 Å². The van der Waals surface area contributed by atoms with Gasteiger partial charge in [-0.05, 0) is 31.2 Å². The van der Waals surface area contributed by atoms with Crippen LogP contribution in [0.15, 0.2) is 51.7 Å². The number of aliphatic carboxylic acids is 1. The van der Waals surface area contributed by atoms with Crippen molar-refractivity contribution in [1.29, 1.82) is 0 Å². The molecule has 2 saturated heterocycles. The van der Waals surface area contributed by atoms with Crippen molar-refractivity contribution in [2.75, 3.05) is 6.61 Å². The fourth-order valence-corrected chi connectivity index (χ4v) is 5.13. The molecule has 0 radical (unpaired) electrons. The van der Waals surface area contributed by atoms with Crippen LogP contribution in [-0.4, -0.2) is 121 Å².